The molecule has 0 spiro atoms. The molecule has 1 unspecified atom stereocenters. The molecule has 0 saturated heterocycles. The van der Waals surface area contributed by atoms with Gasteiger partial charge in [0.2, 0.25) is 8.32 Å². The van der Waals surface area contributed by atoms with E-state index in [9.17, 15) is 0 Å². The maximum absolute atomic E-state index is 6.25. The molecule has 1 atom stereocenters. The summed E-state index contributed by atoms with van der Waals surface area (Å²) in [7, 11) is -2.94. The molecule has 1 aromatic carbocycles. The molecule has 0 aliphatic heterocycles. The number of hydrogen-bond acceptors (Lipinski definition) is 2. The van der Waals surface area contributed by atoms with Crippen molar-refractivity contribution in [3.05, 3.63) is 30.3 Å². The van der Waals surface area contributed by atoms with Gasteiger partial charge in [0.05, 0.1) is 13.8 Å². The van der Waals surface area contributed by atoms with Gasteiger partial charge in [0, 0.05) is 5.54 Å². The Morgan fingerprint density at radius 1 is 1.00 bits per heavy atom. The molecule has 0 N–H and O–H groups in total. The molecular weight excluding hydrogens is 266 g/mol. The van der Waals surface area contributed by atoms with Crippen LogP contribution in [0.25, 0.3) is 0 Å². The van der Waals surface area contributed by atoms with Crippen molar-refractivity contribution >= 4 is 28.0 Å². The molecule has 0 bridgehead atoms. The Hall–Kier alpha value is -0.876. The number of para-hydroxylation sites is 1. The number of aliphatic imine (C=N–C) groups is 1. The van der Waals surface area contributed by atoms with Crippen molar-refractivity contribution in [1.29, 1.82) is 0 Å². The van der Waals surface area contributed by atoms with E-state index in [0.717, 1.165) is 11.6 Å². The highest BCUT2D eigenvalue weighted by molar-refractivity contribution is 6.81. The van der Waals surface area contributed by atoms with E-state index in [1.165, 1.54) is 0 Å². The van der Waals surface area contributed by atoms with E-state index < -0.39 is 16.4 Å². The molecule has 0 aliphatic carbocycles. The molecule has 4 heteroatoms. The van der Waals surface area contributed by atoms with E-state index in [-0.39, 0.29) is 0 Å². The third-order valence-electron chi connectivity index (χ3n) is 3.08. The van der Waals surface area contributed by atoms with E-state index in [1.54, 1.807) is 0 Å². The van der Waals surface area contributed by atoms with Gasteiger partial charge in [-0.3, -0.25) is 0 Å². The van der Waals surface area contributed by atoms with Gasteiger partial charge in [-0.05, 0) is 31.8 Å². The molecule has 0 heterocycles. The second-order valence-corrected chi connectivity index (χ2v) is 17.1. The van der Waals surface area contributed by atoms with Gasteiger partial charge in [0.25, 0.3) is 0 Å². The highest BCUT2D eigenvalue weighted by atomic mass is 28.4. The Labute approximate surface area is 120 Å². The van der Waals surface area contributed by atoms with Gasteiger partial charge in [-0.15, -0.1) is 0 Å². The van der Waals surface area contributed by atoms with Crippen LogP contribution < -0.4 is 0 Å². The third kappa shape index (κ3) is 5.74. The van der Waals surface area contributed by atoms with Gasteiger partial charge in [0.1, 0.15) is 0 Å². The fourth-order valence-corrected chi connectivity index (χ4v) is 3.35. The minimum atomic E-state index is -1.62. The summed E-state index contributed by atoms with van der Waals surface area (Å²) < 4.78 is 6.25. The summed E-state index contributed by atoms with van der Waals surface area (Å²) in [5, 5.41) is 0. The zero-order valence-corrected chi connectivity index (χ0v) is 15.3. The molecule has 1 rings (SSSR count). The largest absolute Gasteiger partial charge is 0.534 e. The summed E-state index contributed by atoms with van der Waals surface area (Å²) >= 11 is 0. The Morgan fingerprint density at radius 3 is 1.95 bits per heavy atom. The van der Waals surface area contributed by atoms with Crippen molar-refractivity contribution < 1.29 is 4.43 Å². The van der Waals surface area contributed by atoms with Gasteiger partial charge < -0.3 is 4.43 Å². The Morgan fingerprint density at radius 2 is 1.53 bits per heavy atom. The maximum Gasteiger partial charge on any atom is 0.243 e. The first-order valence-electron chi connectivity index (χ1n) is 6.92. The topological polar surface area (TPSA) is 21.6 Å². The standard InChI is InChI=1S/C15H27NOSi2/c1-13(18(2,3)4)15(17-19(5,6)7)16-14-11-9-8-10-12-14/h8-13H,1-7H3. The first kappa shape index (κ1) is 16.2. The number of hydrogen-bond donors (Lipinski definition) is 0. The first-order valence-corrected chi connectivity index (χ1v) is 13.9. The van der Waals surface area contributed by atoms with Crippen LogP contribution in [-0.4, -0.2) is 22.3 Å². The summed E-state index contributed by atoms with van der Waals surface area (Å²) in [4.78, 5) is 4.77. The van der Waals surface area contributed by atoms with Crippen LogP contribution in [0.3, 0.4) is 0 Å². The molecule has 2 nitrogen and oxygen atoms in total. The van der Waals surface area contributed by atoms with Crippen LogP contribution in [0.4, 0.5) is 5.69 Å². The van der Waals surface area contributed by atoms with Crippen LogP contribution in [-0.2, 0) is 4.43 Å². The summed E-state index contributed by atoms with van der Waals surface area (Å²) in [5.74, 6) is 0.935. The van der Waals surface area contributed by atoms with Crippen molar-refractivity contribution in [3.8, 4) is 0 Å². The van der Waals surface area contributed by atoms with E-state index in [2.05, 4.69) is 46.2 Å². The molecular formula is C15H27NOSi2. The van der Waals surface area contributed by atoms with Crippen LogP contribution in [0.15, 0.2) is 35.3 Å². The van der Waals surface area contributed by atoms with Crippen molar-refractivity contribution in [2.24, 2.45) is 4.99 Å². The lowest BCUT2D eigenvalue weighted by Crippen LogP contribution is -2.38. The molecule has 1 aromatic rings. The van der Waals surface area contributed by atoms with E-state index in [1.807, 2.05) is 30.3 Å². The third-order valence-corrected chi connectivity index (χ3v) is 6.74. The fourth-order valence-electron chi connectivity index (χ4n) is 1.52. The van der Waals surface area contributed by atoms with E-state index in [0.29, 0.717) is 5.54 Å². The molecule has 0 amide bonds. The number of rotatable bonds is 4. The fraction of sp³-hybridized carbons (Fsp3) is 0.533. The lowest BCUT2D eigenvalue weighted by Gasteiger charge is -2.30. The minimum absolute atomic E-state index is 0.430. The predicted molar refractivity (Wildman–Crippen MR) is 90.7 cm³/mol. The molecule has 106 valence electrons. The minimum Gasteiger partial charge on any atom is -0.534 e. The van der Waals surface area contributed by atoms with Crippen LogP contribution >= 0.6 is 0 Å². The van der Waals surface area contributed by atoms with Crippen molar-refractivity contribution in [3.63, 3.8) is 0 Å². The summed E-state index contributed by atoms with van der Waals surface area (Å²) in [5.41, 5.74) is 1.42. The summed E-state index contributed by atoms with van der Waals surface area (Å²) in [6.07, 6.45) is 0. The zero-order valence-electron chi connectivity index (χ0n) is 13.3. The summed E-state index contributed by atoms with van der Waals surface area (Å²) in [6, 6.07) is 10.1. The maximum atomic E-state index is 6.25. The second kappa shape index (κ2) is 6.05. The van der Waals surface area contributed by atoms with Crippen LogP contribution in [0.2, 0.25) is 44.8 Å². The average molecular weight is 294 g/mol. The highest BCUT2D eigenvalue weighted by Gasteiger charge is 2.31. The molecule has 0 radical (unpaired) electrons. The van der Waals surface area contributed by atoms with Gasteiger partial charge in [-0.2, -0.15) is 0 Å². The lowest BCUT2D eigenvalue weighted by atomic mass is 10.3. The van der Waals surface area contributed by atoms with Gasteiger partial charge >= 0.3 is 0 Å². The second-order valence-electron chi connectivity index (χ2n) is 7.09. The van der Waals surface area contributed by atoms with Gasteiger partial charge in [-0.1, -0.05) is 44.8 Å². The van der Waals surface area contributed by atoms with Gasteiger partial charge in [0.15, 0.2) is 5.90 Å². The van der Waals surface area contributed by atoms with Crippen LogP contribution in [0, 0.1) is 0 Å². The normalized spacial score (nSPS) is 15.2. The summed E-state index contributed by atoms with van der Waals surface area (Å²) in [6.45, 7) is 16.0. The van der Waals surface area contributed by atoms with Crippen molar-refractivity contribution in [1.82, 2.24) is 0 Å². The monoisotopic (exact) mass is 293 g/mol. The Kier molecular flexibility index (Phi) is 5.15. The smallest absolute Gasteiger partial charge is 0.243 e. The van der Waals surface area contributed by atoms with Gasteiger partial charge in [-0.25, -0.2) is 4.99 Å². The Bertz CT molecular complexity index is 430. The molecule has 0 aromatic heterocycles. The number of benzene rings is 1. The first-order chi connectivity index (χ1) is 8.59. The SMILES string of the molecule is CC(C(=Nc1ccccc1)O[Si](C)(C)C)[Si](C)(C)C. The quantitative estimate of drug-likeness (QED) is 0.419. The molecule has 19 heavy (non-hydrogen) atoms. The lowest BCUT2D eigenvalue weighted by molar-refractivity contribution is 0.534. The van der Waals surface area contributed by atoms with Crippen LogP contribution in [0.5, 0.6) is 0 Å². The van der Waals surface area contributed by atoms with Crippen molar-refractivity contribution in [2.75, 3.05) is 0 Å². The molecule has 0 fully saturated rings. The average Bonchev–Trinajstić information content (AvgIpc) is 2.25. The number of nitrogens with zero attached hydrogens (tertiary/aromatic N) is 1. The Balaban J connectivity index is 3.09. The molecule has 0 aliphatic rings. The van der Waals surface area contributed by atoms with E-state index in [4.69, 9.17) is 9.42 Å². The highest BCUT2D eigenvalue weighted by Crippen LogP contribution is 2.27. The van der Waals surface area contributed by atoms with Crippen LogP contribution in [0.1, 0.15) is 6.92 Å². The van der Waals surface area contributed by atoms with E-state index >= 15 is 0 Å². The zero-order chi connectivity index (χ0) is 14.7. The molecule has 0 saturated carbocycles. The predicted octanol–water partition coefficient (Wildman–Crippen LogP) is 5.30. The van der Waals surface area contributed by atoms with Crippen molar-refractivity contribution in [2.45, 2.75) is 51.7 Å².